The molecule has 0 radical (unpaired) electrons. The number of carbonyl (C=O) groups excluding carboxylic acids is 1. The van der Waals surface area contributed by atoms with Crippen LogP contribution in [-0.4, -0.2) is 22.7 Å². The number of thioether (sulfide) groups is 1. The van der Waals surface area contributed by atoms with Crippen molar-refractivity contribution in [1.29, 1.82) is 0 Å². The lowest BCUT2D eigenvalue weighted by Gasteiger charge is -2.07. The molecule has 1 aliphatic heterocycles. The number of nitro groups is 1. The van der Waals surface area contributed by atoms with Crippen LogP contribution < -0.4 is 14.6 Å². The molecule has 3 aromatic rings. The van der Waals surface area contributed by atoms with Crippen molar-refractivity contribution >= 4 is 40.6 Å². The van der Waals surface area contributed by atoms with E-state index in [4.69, 9.17) is 13.9 Å². The monoisotopic (exact) mass is 385 g/mol. The molecule has 1 aromatic heterocycles. The summed E-state index contributed by atoms with van der Waals surface area (Å²) in [5, 5.41) is 22.9. The molecule has 1 aliphatic rings. The van der Waals surface area contributed by atoms with E-state index in [0.717, 1.165) is 6.08 Å². The van der Waals surface area contributed by atoms with Gasteiger partial charge < -0.3 is 23.8 Å². The van der Waals surface area contributed by atoms with Crippen LogP contribution in [0.25, 0.3) is 17.2 Å². The zero-order valence-electron chi connectivity index (χ0n) is 13.4. The molecule has 9 nitrogen and oxygen atoms in total. The minimum Gasteiger partial charge on any atom is -0.544 e. The Labute approximate surface area is 155 Å². The van der Waals surface area contributed by atoms with E-state index in [0.29, 0.717) is 22.9 Å². The molecular formula is C17H9N2O7S-. The van der Waals surface area contributed by atoms with Crippen LogP contribution in [0, 0.1) is 10.1 Å². The van der Waals surface area contributed by atoms with Gasteiger partial charge in [-0.1, -0.05) is 12.1 Å². The second kappa shape index (κ2) is 6.65. The van der Waals surface area contributed by atoms with Gasteiger partial charge in [0.1, 0.15) is 5.52 Å². The number of para-hydroxylation sites is 2. The first-order valence-electron chi connectivity index (χ1n) is 7.56. The van der Waals surface area contributed by atoms with Gasteiger partial charge in [-0.3, -0.25) is 10.1 Å². The Balaban J connectivity index is 1.74. The number of oxazole rings is 1. The molecule has 2 heterocycles. The number of fused-ring (bicyclic) bond motifs is 2. The highest BCUT2D eigenvalue weighted by Gasteiger charge is 2.23. The average Bonchev–Trinajstić information content (AvgIpc) is 3.25. The van der Waals surface area contributed by atoms with Gasteiger partial charge >= 0.3 is 0 Å². The van der Waals surface area contributed by atoms with Crippen molar-refractivity contribution in [2.45, 2.75) is 5.22 Å². The van der Waals surface area contributed by atoms with E-state index >= 15 is 0 Å². The molecule has 0 N–H and O–H groups in total. The molecule has 0 atom stereocenters. The third-order valence-electron chi connectivity index (χ3n) is 3.68. The smallest absolute Gasteiger partial charge is 0.280 e. The van der Waals surface area contributed by atoms with Gasteiger partial charge in [-0.2, -0.15) is 0 Å². The molecule has 0 bridgehead atoms. The largest absolute Gasteiger partial charge is 0.544 e. The van der Waals surface area contributed by atoms with Crippen LogP contribution in [0.15, 0.2) is 50.9 Å². The van der Waals surface area contributed by atoms with Crippen molar-refractivity contribution in [3.8, 4) is 11.5 Å². The second-order valence-corrected chi connectivity index (χ2v) is 6.36. The Hall–Kier alpha value is -3.53. The number of nitro benzene ring substituents is 1. The Morgan fingerprint density at radius 1 is 1.22 bits per heavy atom. The fourth-order valence-electron chi connectivity index (χ4n) is 2.48. The third kappa shape index (κ3) is 3.29. The van der Waals surface area contributed by atoms with E-state index in [2.05, 4.69) is 4.98 Å². The van der Waals surface area contributed by atoms with Crippen LogP contribution in [0.2, 0.25) is 0 Å². The molecule has 0 saturated heterocycles. The first-order valence-corrected chi connectivity index (χ1v) is 8.37. The van der Waals surface area contributed by atoms with Gasteiger partial charge in [-0.15, -0.1) is 0 Å². The van der Waals surface area contributed by atoms with Crippen molar-refractivity contribution in [2.75, 3.05) is 6.79 Å². The van der Waals surface area contributed by atoms with Crippen LogP contribution in [0.5, 0.6) is 11.5 Å². The van der Waals surface area contributed by atoms with Crippen molar-refractivity contribution in [3.05, 3.63) is 57.0 Å². The summed E-state index contributed by atoms with van der Waals surface area (Å²) >= 11 is 0.698. The topological polar surface area (TPSA) is 128 Å². The summed E-state index contributed by atoms with van der Waals surface area (Å²) in [4.78, 5) is 26.1. The summed E-state index contributed by atoms with van der Waals surface area (Å²) < 4.78 is 15.8. The maximum atomic E-state index is 11.5. The first kappa shape index (κ1) is 16.9. The molecule has 10 heteroatoms. The maximum absolute atomic E-state index is 11.5. The highest BCUT2D eigenvalue weighted by Crippen LogP contribution is 2.40. The molecule has 0 aliphatic carbocycles. The summed E-state index contributed by atoms with van der Waals surface area (Å²) in [6, 6.07) is 9.46. The van der Waals surface area contributed by atoms with Crippen LogP contribution >= 0.6 is 11.8 Å². The molecule has 27 heavy (non-hydrogen) atoms. The van der Waals surface area contributed by atoms with E-state index in [-0.39, 0.29) is 39.7 Å². The SMILES string of the molecule is O=C([O-])/C(=C/c1cc2c(cc1[N+](=O)[O-])OCO2)Sc1nc2ccccc2o1. The van der Waals surface area contributed by atoms with Crippen molar-refractivity contribution in [2.24, 2.45) is 0 Å². The Morgan fingerprint density at radius 2 is 1.96 bits per heavy atom. The average molecular weight is 385 g/mol. The van der Waals surface area contributed by atoms with Crippen LogP contribution in [0.3, 0.4) is 0 Å². The van der Waals surface area contributed by atoms with Gasteiger partial charge in [0.2, 0.25) is 6.79 Å². The summed E-state index contributed by atoms with van der Waals surface area (Å²) in [5.74, 6) is -1.01. The van der Waals surface area contributed by atoms with Gasteiger partial charge in [0, 0.05) is 4.91 Å². The van der Waals surface area contributed by atoms with Crippen molar-refractivity contribution in [1.82, 2.24) is 4.98 Å². The molecule has 0 unspecified atom stereocenters. The lowest BCUT2D eigenvalue weighted by molar-refractivity contribution is -0.385. The van der Waals surface area contributed by atoms with Crippen molar-refractivity contribution < 1.29 is 28.7 Å². The Morgan fingerprint density at radius 3 is 2.67 bits per heavy atom. The second-order valence-electron chi connectivity index (χ2n) is 5.37. The predicted octanol–water partition coefficient (Wildman–Crippen LogP) is 2.35. The number of aliphatic carboxylic acids is 1. The number of carboxylic acids is 1. The Kier molecular flexibility index (Phi) is 4.16. The molecule has 136 valence electrons. The molecule has 0 fully saturated rings. The Bertz CT molecular complexity index is 1070. The highest BCUT2D eigenvalue weighted by atomic mass is 32.2. The molecule has 0 amide bonds. The number of hydrogen-bond acceptors (Lipinski definition) is 9. The number of hydrogen-bond donors (Lipinski definition) is 0. The van der Waals surface area contributed by atoms with E-state index in [9.17, 15) is 20.0 Å². The van der Waals surface area contributed by atoms with E-state index in [1.165, 1.54) is 12.1 Å². The van der Waals surface area contributed by atoms with E-state index in [1.807, 2.05) is 0 Å². The van der Waals surface area contributed by atoms with Crippen LogP contribution in [0.4, 0.5) is 5.69 Å². The highest BCUT2D eigenvalue weighted by molar-refractivity contribution is 8.03. The van der Waals surface area contributed by atoms with Gasteiger partial charge in [0.25, 0.3) is 10.9 Å². The quantitative estimate of drug-likeness (QED) is 0.281. The van der Waals surface area contributed by atoms with E-state index < -0.39 is 10.9 Å². The molecule has 0 spiro atoms. The molecule has 0 saturated carbocycles. The van der Waals surface area contributed by atoms with Gasteiger partial charge in [-0.05, 0) is 36.0 Å². The summed E-state index contributed by atoms with van der Waals surface area (Å²) in [6.45, 7) is -0.0648. The van der Waals surface area contributed by atoms with Crippen molar-refractivity contribution in [3.63, 3.8) is 0 Å². The van der Waals surface area contributed by atoms with Gasteiger partial charge in [0.15, 0.2) is 17.1 Å². The van der Waals surface area contributed by atoms with Gasteiger partial charge in [0.05, 0.1) is 22.5 Å². The maximum Gasteiger partial charge on any atom is 0.280 e. The first-order chi connectivity index (χ1) is 13.0. The van der Waals surface area contributed by atoms with Crippen LogP contribution in [0.1, 0.15) is 5.56 Å². The van der Waals surface area contributed by atoms with Gasteiger partial charge in [-0.25, -0.2) is 4.98 Å². The summed E-state index contributed by atoms with van der Waals surface area (Å²) in [5.41, 5.74) is 0.766. The lowest BCUT2D eigenvalue weighted by Crippen LogP contribution is -2.23. The number of rotatable bonds is 5. The normalized spacial score (nSPS) is 13.1. The lowest BCUT2D eigenvalue weighted by atomic mass is 10.1. The zero-order chi connectivity index (χ0) is 19.0. The van der Waals surface area contributed by atoms with Crippen LogP contribution in [-0.2, 0) is 4.79 Å². The number of carbonyl (C=O) groups is 1. The number of nitrogens with zero attached hydrogens (tertiary/aromatic N) is 2. The zero-order valence-corrected chi connectivity index (χ0v) is 14.2. The minimum atomic E-state index is -1.52. The third-order valence-corrected chi connectivity index (χ3v) is 4.53. The summed E-state index contributed by atoms with van der Waals surface area (Å²) in [7, 11) is 0. The molecular weight excluding hydrogens is 376 g/mol. The minimum absolute atomic E-state index is 0.0343. The number of benzene rings is 2. The molecule has 2 aromatic carbocycles. The predicted molar refractivity (Wildman–Crippen MR) is 92.1 cm³/mol. The number of carboxylic acid groups (broad SMARTS) is 1. The fraction of sp³-hybridized carbons (Fsp3) is 0.0588. The van der Waals surface area contributed by atoms with E-state index in [1.54, 1.807) is 24.3 Å². The number of ether oxygens (including phenoxy) is 2. The fourth-order valence-corrected chi connectivity index (χ4v) is 3.21. The number of aromatic nitrogens is 1. The summed E-state index contributed by atoms with van der Waals surface area (Å²) in [6.07, 6.45) is 1.12. The molecule has 4 rings (SSSR count). The standard InChI is InChI=1S/C17H10N2O7S/c20-16(21)15(27-17-18-10-3-1-2-4-12(10)26-17)6-9-5-13-14(25-8-24-13)7-11(9)19(22)23/h1-7H,8H2,(H,20,21)/p-1/b15-6-.